The number of hydrogen-bond acceptors (Lipinski definition) is 9. The molecule has 3 heterocycles. The fraction of sp³-hybridized carbons (Fsp3) is 0.346. The van der Waals surface area contributed by atoms with Crippen LogP contribution in [0.3, 0.4) is 0 Å². The maximum Gasteiger partial charge on any atom is 0.270 e. The van der Waals surface area contributed by atoms with Crippen LogP contribution in [0.2, 0.25) is 0 Å². The second kappa shape index (κ2) is 11.2. The lowest BCUT2D eigenvalue weighted by Crippen LogP contribution is -2.33. The molecule has 1 aliphatic carbocycles. The van der Waals surface area contributed by atoms with E-state index in [9.17, 15) is 4.79 Å². The Balaban J connectivity index is 1.30. The second-order valence-electron chi connectivity index (χ2n) is 9.12. The molecule has 0 saturated heterocycles. The van der Waals surface area contributed by atoms with Gasteiger partial charge in [0.1, 0.15) is 17.2 Å². The summed E-state index contributed by atoms with van der Waals surface area (Å²) in [7, 11) is 2.01. The Labute approximate surface area is 215 Å². The molecule has 192 valence electrons. The monoisotopic (exact) mass is 501 g/mol. The minimum absolute atomic E-state index is 0.250. The standard InChI is InChI=1S/C26H31N9O2/c1-3-35(2)12-11-27-25(36)22-15-23(30-24-14-20(32-33-24)18-9-10-18)31-26(29-22)28-16-19-13-21(34-37-19)17-7-5-4-6-8-17/h4-8,13-15,18H,3,9-12,16H2,1-2H3,(H,27,36)(H3,28,29,30,31,32,33). The van der Waals surface area contributed by atoms with Crippen LogP contribution in [0.5, 0.6) is 0 Å². The summed E-state index contributed by atoms with van der Waals surface area (Å²) in [6, 6.07) is 15.3. The molecule has 11 nitrogen and oxygen atoms in total. The topological polar surface area (TPSA) is 137 Å². The summed E-state index contributed by atoms with van der Waals surface area (Å²) in [6.45, 7) is 4.55. The Morgan fingerprint density at radius 2 is 1.97 bits per heavy atom. The minimum atomic E-state index is -0.273. The van der Waals surface area contributed by atoms with Crippen LogP contribution in [-0.2, 0) is 6.54 Å². The van der Waals surface area contributed by atoms with Crippen molar-refractivity contribution in [3.63, 3.8) is 0 Å². The van der Waals surface area contributed by atoms with Gasteiger partial charge in [-0.25, -0.2) is 4.98 Å². The van der Waals surface area contributed by atoms with Gasteiger partial charge < -0.3 is 25.4 Å². The van der Waals surface area contributed by atoms with E-state index in [2.05, 4.69) is 53.1 Å². The van der Waals surface area contributed by atoms with Crippen molar-refractivity contribution in [3.8, 4) is 11.3 Å². The van der Waals surface area contributed by atoms with Crippen LogP contribution in [0.1, 0.15) is 47.6 Å². The number of benzene rings is 1. The molecule has 11 heteroatoms. The molecule has 0 radical (unpaired) electrons. The van der Waals surface area contributed by atoms with Crippen molar-refractivity contribution in [1.82, 2.24) is 35.5 Å². The first-order valence-electron chi connectivity index (χ1n) is 12.5. The van der Waals surface area contributed by atoms with Crippen LogP contribution in [0.4, 0.5) is 17.6 Å². The molecule has 0 unspecified atom stereocenters. The van der Waals surface area contributed by atoms with E-state index >= 15 is 0 Å². The maximum atomic E-state index is 12.9. The highest BCUT2D eigenvalue weighted by atomic mass is 16.5. The van der Waals surface area contributed by atoms with Gasteiger partial charge in [-0.1, -0.05) is 42.4 Å². The second-order valence-corrected chi connectivity index (χ2v) is 9.12. The molecule has 0 aliphatic heterocycles. The molecule has 1 saturated carbocycles. The lowest BCUT2D eigenvalue weighted by molar-refractivity contribution is 0.0945. The molecule has 1 aliphatic rings. The third-order valence-corrected chi connectivity index (χ3v) is 6.20. The Morgan fingerprint density at radius 1 is 1.14 bits per heavy atom. The van der Waals surface area contributed by atoms with Crippen LogP contribution in [0.25, 0.3) is 11.3 Å². The number of H-pyrrole nitrogens is 1. The molecular weight excluding hydrogens is 470 g/mol. The molecule has 0 atom stereocenters. The summed E-state index contributed by atoms with van der Waals surface area (Å²) < 4.78 is 5.48. The van der Waals surface area contributed by atoms with Crippen LogP contribution in [-0.4, -0.2) is 62.8 Å². The van der Waals surface area contributed by atoms with Crippen molar-refractivity contribution < 1.29 is 9.32 Å². The summed E-state index contributed by atoms with van der Waals surface area (Å²) >= 11 is 0. The number of anilines is 3. The molecule has 3 aromatic heterocycles. The summed E-state index contributed by atoms with van der Waals surface area (Å²) in [6.07, 6.45) is 2.35. The third-order valence-electron chi connectivity index (χ3n) is 6.20. The van der Waals surface area contributed by atoms with Crippen LogP contribution >= 0.6 is 0 Å². The van der Waals surface area contributed by atoms with Crippen molar-refractivity contribution in [3.05, 3.63) is 65.7 Å². The lowest BCUT2D eigenvalue weighted by atomic mass is 10.1. The number of nitrogens with zero attached hydrogens (tertiary/aromatic N) is 5. The lowest BCUT2D eigenvalue weighted by Gasteiger charge is -2.14. The van der Waals surface area contributed by atoms with Gasteiger partial charge in [0.25, 0.3) is 5.91 Å². The maximum absolute atomic E-state index is 12.9. The molecule has 1 amide bonds. The first kappa shape index (κ1) is 24.4. The van der Waals surface area contributed by atoms with Gasteiger partial charge in [-0.05, 0) is 26.4 Å². The van der Waals surface area contributed by atoms with Crippen molar-refractivity contribution in [2.45, 2.75) is 32.2 Å². The van der Waals surface area contributed by atoms with E-state index in [0.29, 0.717) is 36.4 Å². The molecule has 1 aromatic carbocycles. The van der Waals surface area contributed by atoms with Gasteiger partial charge in [-0.3, -0.25) is 9.89 Å². The number of nitrogens with one attached hydrogen (secondary N) is 4. The molecule has 37 heavy (non-hydrogen) atoms. The number of aromatic nitrogens is 5. The summed E-state index contributed by atoms with van der Waals surface area (Å²) in [5.41, 5.74) is 3.07. The number of hydrogen-bond donors (Lipinski definition) is 4. The van der Waals surface area contributed by atoms with Gasteiger partial charge in [0.05, 0.1) is 6.54 Å². The van der Waals surface area contributed by atoms with E-state index in [-0.39, 0.29) is 17.5 Å². The Hall–Kier alpha value is -4.25. The Kier molecular flexibility index (Phi) is 7.41. The predicted molar refractivity (Wildman–Crippen MR) is 141 cm³/mol. The van der Waals surface area contributed by atoms with Crippen molar-refractivity contribution >= 4 is 23.5 Å². The number of amides is 1. The van der Waals surface area contributed by atoms with Gasteiger partial charge in [0.15, 0.2) is 11.6 Å². The SMILES string of the molecule is CCN(C)CCNC(=O)c1cc(Nc2cc(C3CC3)[nH]n2)nc(NCc2cc(-c3ccccc3)no2)n1. The smallest absolute Gasteiger partial charge is 0.270 e. The number of aromatic amines is 1. The Morgan fingerprint density at radius 3 is 2.76 bits per heavy atom. The molecule has 1 fully saturated rings. The zero-order chi connectivity index (χ0) is 25.6. The summed E-state index contributed by atoms with van der Waals surface area (Å²) in [5, 5.41) is 20.8. The molecule has 4 aromatic rings. The van der Waals surface area contributed by atoms with E-state index in [1.54, 1.807) is 6.07 Å². The van der Waals surface area contributed by atoms with E-state index in [4.69, 9.17) is 4.52 Å². The molecule has 5 rings (SSSR count). The van der Waals surface area contributed by atoms with Gasteiger partial charge >= 0.3 is 0 Å². The fourth-order valence-corrected chi connectivity index (χ4v) is 3.76. The van der Waals surface area contributed by atoms with Crippen LogP contribution < -0.4 is 16.0 Å². The van der Waals surface area contributed by atoms with Gasteiger partial charge in [0, 0.05) is 48.5 Å². The highest BCUT2D eigenvalue weighted by Crippen LogP contribution is 2.39. The third kappa shape index (κ3) is 6.50. The van der Waals surface area contributed by atoms with Gasteiger partial charge in [-0.15, -0.1) is 0 Å². The first-order valence-corrected chi connectivity index (χ1v) is 12.5. The zero-order valence-corrected chi connectivity index (χ0v) is 21.0. The largest absolute Gasteiger partial charge is 0.359 e. The molecule has 0 spiro atoms. The van der Waals surface area contributed by atoms with Crippen molar-refractivity contribution in [2.75, 3.05) is 37.3 Å². The normalized spacial score (nSPS) is 13.1. The van der Waals surface area contributed by atoms with Gasteiger partial charge in [-0.2, -0.15) is 10.1 Å². The van der Waals surface area contributed by atoms with Crippen molar-refractivity contribution in [2.24, 2.45) is 0 Å². The quantitative estimate of drug-likeness (QED) is 0.229. The van der Waals surface area contributed by atoms with Crippen molar-refractivity contribution in [1.29, 1.82) is 0 Å². The fourth-order valence-electron chi connectivity index (χ4n) is 3.76. The minimum Gasteiger partial charge on any atom is -0.359 e. The molecule has 0 bridgehead atoms. The molecule has 4 N–H and O–H groups in total. The average Bonchev–Trinajstić information content (AvgIpc) is 3.48. The highest BCUT2D eigenvalue weighted by Gasteiger charge is 2.25. The number of carbonyl (C=O) groups is 1. The molecular formula is C26H31N9O2. The van der Waals surface area contributed by atoms with E-state index < -0.39 is 0 Å². The van der Waals surface area contributed by atoms with E-state index in [1.165, 1.54) is 12.8 Å². The zero-order valence-electron chi connectivity index (χ0n) is 21.0. The summed E-state index contributed by atoms with van der Waals surface area (Å²) in [4.78, 5) is 24.0. The van der Waals surface area contributed by atoms with E-state index in [0.717, 1.165) is 30.0 Å². The van der Waals surface area contributed by atoms with Gasteiger partial charge in [0.2, 0.25) is 5.95 Å². The number of rotatable bonds is 12. The highest BCUT2D eigenvalue weighted by molar-refractivity contribution is 5.93. The summed E-state index contributed by atoms with van der Waals surface area (Å²) in [5.74, 6) is 2.29. The average molecular weight is 502 g/mol. The predicted octanol–water partition coefficient (Wildman–Crippen LogP) is 3.77. The number of carbonyl (C=O) groups excluding carboxylic acids is 1. The number of likely N-dealkylation sites (N-methyl/N-ethyl adjacent to an activating group) is 1. The van der Waals surface area contributed by atoms with Crippen LogP contribution in [0, 0.1) is 0 Å². The van der Waals surface area contributed by atoms with Crippen LogP contribution in [0.15, 0.2) is 53.1 Å². The first-order chi connectivity index (χ1) is 18.1. The Bertz CT molecular complexity index is 1330. The van der Waals surface area contributed by atoms with E-state index in [1.807, 2.05) is 49.5 Å².